The summed E-state index contributed by atoms with van der Waals surface area (Å²) in [6.07, 6.45) is 6.88. The summed E-state index contributed by atoms with van der Waals surface area (Å²) in [4.78, 5) is 23.1. The third-order valence-corrected chi connectivity index (χ3v) is 4.04. The fourth-order valence-corrected chi connectivity index (χ4v) is 2.89. The van der Waals surface area contributed by atoms with Crippen molar-refractivity contribution in [3.05, 3.63) is 23.2 Å². The molecule has 0 radical (unpaired) electrons. The van der Waals surface area contributed by atoms with Crippen molar-refractivity contribution in [1.29, 1.82) is 0 Å². The summed E-state index contributed by atoms with van der Waals surface area (Å²) >= 11 is 6.13. The van der Waals surface area contributed by atoms with Crippen LogP contribution in [0.2, 0.25) is 5.02 Å². The van der Waals surface area contributed by atoms with E-state index in [2.05, 4.69) is 16.0 Å². The van der Waals surface area contributed by atoms with Crippen molar-refractivity contribution in [3.8, 4) is 0 Å². The minimum Gasteiger partial charge on any atom is -0.335 e. The summed E-state index contributed by atoms with van der Waals surface area (Å²) in [6.45, 7) is 1.43. The van der Waals surface area contributed by atoms with Crippen molar-refractivity contribution in [2.75, 3.05) is 10.6 Å². The van der Waals surface area contributed by atoms with Crippen molar-refractivity contribution in [2.45, 2.75) is 51.5 Å². The van der Waals surface area contributed by atoms with Crippen LogP contribution < -0.4 is 16.0 Å². The van der Waals surface area contributed by atoms with Gasteiger partial charge in [-0.15, -0.1) is 0 Å². The highest BCUT2D eigenvalue weighted by molar-refractivity contribution is 6.34. The zero-order valence-corrected chi connectivity index (χ0v) is 13.5. The van der Waals surface area contributed by atoms with Crippen LogP contribution in [0.4, 0.5) is 16.2 Å². The molecule has 1 saturated carbocycles. The van der Waals surface area contributed by atoms with Gasteiger partial charge in [0.25, 0.3) is 0 Å². The Kier molecular flexibility index (Phi) is 6.07. The number of hydrogen-bond acceptors (Lipinski definition) is 2. The predicted molar refractivity (Wildman–Crippen MR) is 89.4 cm³/mol. The van der Waals surface area contributed by atoms with E-state index in [1.807, 2.05) is 0 Å². The summed E-state index contributed by atoms with van der Waals surface area (Å²) in [5.74, 6) is -0.164. The molecule has 1 aliphatic rings. The second kappa shape index (κ2) is 8.03. The number of urea groups is 1. The van der Waals surface area contributed by atoms with Crippen LogP contribution in [0.25, 0.3) is 0 Å². The van der Waals surface area contributed by atoms with E-state index in [-0.39, 0.29) is 18.0 Å². The Morgan fingerprint density at radius 2 is 1.77 bits per heavy atom. The topological polar surface area (TPSA) is 70.2 Å². The minimum atomic E-state index is -0.235. The molecular formula is C16H22ClN3O2. The molecule has 0 bridgehead atoms. The quantitative estimate of drug-likeness (QED) is 0.731. The number of nitrogens with one attached hydrogen (secondary N) is 3. The molecule has 1 aromatic carbocycles. The molecule has 1 aliphatic carbocycles. The zero-order chi connectivity index (χ0) is 15.9. The maximum atomic E-state index is 12.1. The van der Waals surface area contributed by atoms with Crippen LogP contribution in [0, 0.1) is 0 Å². The standard InChI is InChI=1S/C16H22ClN3O2/c1-11(21)18-13-8-9-15(14(17)10-13)20-16(22)19-12-6-4-2-3-5-7-12/h8-10,12H,2-7H2,1H3,(H,18,21)(H2,19,20,22). The van der Waals surface area contributed by atoms with Gasteiger partial charge in [-0.05, 0) is 31.0 Å². The lowest BCUT2D eigenvalue weighted by Gasteiger charge is -2.17. The Balaban J connectivity index is 1.91. The lowest BCUT2D eigenvalue weighted by atomic mass is 10.1. The number of rotatable bonds is 3. The van der Waals surface area contributed by atoms with Crippen LogP contribution in [0.15, 0.2) is 18.2 Å². The maximum Gasteiger partial charge on any atom is 0.319 e. The van der Waals surface area contributed by atoms with Gasteiger partial charge < -0.3 is 16.0 Å². The van der Waals surface area contributed by atoms with Gasteiger partial charge in [0.2, 0.25) is 5.91 Å². The summed E-state index contributed by atoms with van der Waals surface area (Å²) < 4.78 is 0. The highest BCUT2D eigenvalue weighted by Crippen LogP contribution is 2.25. The van der Waals surface area contributed by atoms with Crippen LogP contribution in [0.3, 0.4) is 0 Å². The first-order chi connectivity index (χ1) is 10.5. The monoisotopic (exact) mass is 323 g/mol. The summed E-state index contributed by atoms with van der Waals surface area (Å²) in [7, 11) is 0. The fourth-order valence-electron chi connectivity index (χ4n) is 2.66. The van der Waals surface area contributed by atoms with E-state index in [1.54, 1.807) is 18.2 Å². The first kappa shape index (κ1) is 16.6. The van der Waals surface area contributed by atoms with Gasteiger partial charge in [-0.1, -0.05) is 37.3 Å². The summed E-state index contributed by atoms with van der Waals surface area (Å²) in [5.41, 5.74) is 1.13. The van der Waals surface area contributed by atoms with Crippen molar-refractivity contribution < 1.29 is 9.59 Å². The summed E-state index contributed by atoms with van der Waals surface area (Å²) in [5, 5.41) is 8.80. The van der Waals surface area contributed by atoms with Gasteiger partial charge in [0, 0.05) is 18.7 Å². The largest absolute Gasteiger partial charge is 0.335 e. The third-order valence-electron chi connectivity index (χ3n) is 3.73. The van der Waals surface area contributed by atoms with Gasteiger partial charge in [0.1, 0.15) is 0 Å². The Hall–Kier alpha value is -1.75. The molecule has 3 N–H and O–H groups in total. The molecule has 0 unspecified atom stereocenters. The molecule has 3 amide bonds. The van der Waals surface area contributed by atoms with Crippen molar-refractivity contribution in [1.82, 2.24) is 5.32 Å². The van der Waals surface area contributed by atoms with Crippen molar-refractivity contribution >= 4 is 34.9 Å². The van der Waals surface area contributed by atoms with Crippen LogP contribution in [-0.4, -0.2) is 18.0 Å². The average Bonchev–Trinajstić information content (AvgIpc) is 2.70. The molecule has 6 heteroatoms. The summed E-state index contributed by atoms with van der Waals surface area (Å²) in [6, 6.07) is 5.00. The molecule has 1 aromatic rings. The van der Waals surface area contributed by atoms with Crippen LogP contribution >= 0.6 is 11.6 Å². The van der Waals surface area contributed by atoms with E-state index in [4.69, 9.17) is 11.6 Å². The van der Waals surface area contributed by atoms with E-state index in [9.17, 15) is 9.59 Å². The van der Waals surface area contributed by atoms with E-state index in [1.165, 1.54) is 19.8 Å². The lowest BCUT2D eigenvalue weighted by molar-refractivity contribution is -0.114. The SMILES string of the molecule is CC(=O)Nc1ccc(NC(=O)NC2CCCCCC2)c(Cl)c1. The normalized spacial score (nSPS) is 15.7. The number of benzene rings is 1. The Labute approximate surface area is 135 Å². The Morgan fingerprint density at radius 1 is 1.09 bits per heavy atom. The molecule has 5 nitrogen and oxygen atoms in total. The molecule has 0 spiro atoms. The molecular weight excluding hydrogens is 302 g/mol. The first-order valence-electron chi connectivity index (χ1n) is 7.69. The van der Waals surface area contributed by atoms with E-state index in [0.29, 0.717) is 16.4 Å². The molecule has 0 aromatic heterocycles. The number of hydrogen-bond donors (Lipinski definition) is 3. The van der Waals surface area contributed by atoms with Crippen LogP contribution in [0.1, 0.15) is 45.4 Å². The number of anilines is 2. The highest BCUT2D eigenvalue weighted by Gasteiger charge is 2.15. The second-order valence-electron chi connectivity index (χ2n) is 5.66. The molecule has 120 valence electrons. The van der Waals surface area contributed by atoms with E-state index >= 15 is 0 Å². The number of carbonyl (C=O) groups is 2. The van der Waals surface area contributed by atoms with Crippen LogP contribution in [-0.2, 0) is 4.79 Å². The second-order valence-corrected chi connectivity index (χ2v) is 6.07. The Bertz CT molecular complexity index is 540. The number of carbonyl (C=O) groups excluding carboxylic acids is 2. The lowest BCUT2D eigenvalue weighted by Crippen LogP contribution is -2.37. The van der Waals surface area contributed by atoms with Gasteiger partial charge >= 0.3 is 6.03 Å². The fraction of sp³-hybridized carbons (Fsp3) is 0.500. The minimum absolute atomic E-state index is 0.164. The first-order valence-corrected chi connectivity index (χ1v) is 8.07. The molecule has 0 saturated heterocycles. The highest BCUT2D eigenvalue weighted by atomic mass is 35.5. The third kappa shape index (κ3) is 5.22. The van der Waals surface area contributed by atoms with Gasteiger partial charge in [-0.25, -0.2) is 4.79 Å². The number of amides is 3. The molecule has 1 fully saturated rings. The molecule has 0 atom stereocenters. The molecule has 2 rings (SSSR count). The van der Waals surface area contributed by atoms with Gasteiger partial charge in [-0.2, -0.15) is 0 Å². The van der Waals surface area contributed by atoms with Crippen LogP contribution in [0.5, 0.6) is 0 Å². The van der Waals surface area contributed by atoms with Gasteiger partial charge in [0.05, 0.1) is 10.7 Å². The smallest absolute Gasteiger partial charge is 0.319 e. The average molecular weight is 324 g/mol. The molecule has 0 aliphatic heterocycles. The zero-order valence-electron chi connectivity index (χ0n) is 12.7. The van der Waals surface area contributed by atoms with Gasteiger partial charge in [-0.3, -0.25) is 4.79 Å². The van der Waals surface area contributed by atoms with Crippen molar-refractivity contribution in [2.24, 2.45) is 0 Å². The number of halogens is 1. The van der Waals surface area contributed by atoms with Crippen molar-refractivity contribution in [3.63, 3.8) is 0 Å². The predicted octanol–water partition coefficient (Wildman–Crippen LogP) is 4.14. The van der Waals surface area contributed by atoms with Gasteiger partial charge in [0.15, 0.2) is 0 Å². The van der Waals surface area contributed by atoms with E-state index in [0.717, 1.165) is 25.7 Å². The maximum absolute atomic E-state index is 12.1. The Morgan fingerprint density at radius 3 is 2.36 bits per heavy atom. The molecule has 22 heavy (non-hydrogen) atoms. The van der Waals surface area contributed by atoms with E-state index < -0.39 is 0 Å². The molecule has 0 heterocycles.